The van der Waals surface area contributed by atoms with Crippen molar-refractivity contribution in [2.45, 2.75) is 24.1 Å². The van der Waals surface area contributed by atoms with E-state index >= 15 is 0 Å². The highest BCUT2D eigenvalue weighted by Crippen LogP contribution is 2.49. The van der Waals surface area contributed by atoms with Gasteiger partial charge in [-0.05, 0) is 37.3 Å². The van der Waals surface area contributed by atoms with E-state index in [1.54, 1.807) is 13.1 Å². The Balaban J connectivity index is 2.01. The summed E-state index contributed by atoms with van der Waals surface area (Å²) in [6.07, 6.45) is -1.95. The molecule has 1 aliphatic rings. The minimum absolute atomic E-state index is 0.0499. The number of benzene rings is 1. The molecule has 1 aliphatic heterocycles. The number of pyridine rings is 1. The highest BCUT2D eigenvalue weighted by molar-refractivity contribution is 5.71. The third-order valence-electron chi connectivity index (χ3n) is 5.40. The molecule has 4 rings (SSSR count). The summed E-state index contributed by atoms with van der Waals surface area (Å²) in [6.45, 7) is 0.719. The number of aliphatic hydroxyl groups is 1. The molecule has 0 radical (unpaired) electrons. The van der Waals surface area contributed by atoms with Crippen molar-refractivity contribution in [3.05, 3.63) is 65.6 Å². The molecule has 0 bridgehead atoms. The molecule has 2 atom stereocenters. The zero-order chi connectivity index (χ0) is 21.7. The van der Waals surface area contributed by atoms with Crippen LogP contribution in [-0.2, 0) is 11.0 Å². The summed E-state index contributed by atoms with van der Waals surface area (Å²) < 4.78 is 60.4. The molecule has 158 valence electrons. The largest absolute Gasteiger partial charge is 0.490 e. The molecular weight excluding hydrogens is 404 g/mol. The van der Waals surface area contributed by atoms with Gasteiger partial charge in [-0.25, -0.2) is 14.4 Å². The van der Waals surface area contributed by atoms with Gasteiger partial charge < -0.3 is 20.6 Å². The number of nitrogens with one attached hydrogen (secondary N) is 1. The summed E-state index contributed by atoms with van der Waals surface area (Å²) in [6, 6.07) is 6.23. The van der Waals surface area contributed by atoms with E-state index in [0.717, 1.165) is 18.2 Å². The molecule has 0 unspecified atom stereocenters. The first-order chi connectivity index (χ1) is 14.1. The lowest BCUT2D eigenvalue weighted by molar-refractivity contribution is -0.263. The van der Waals surface area contributed by atoms with Crippen molar-refractivity contribution in [1.82, 2.24) is 15.0 Å². The second-order valence-electron chi connectivity index (χ2n) is 7.36. The van der Waals surface area contributed by atoms with Crippen LogP contribution in [0.1, 0.15) is 24.0 Å². The molecule has 0 spiro atoms. The second kappa shape index (κ2) is 6.78. The summed E-state index contributed by atoms with van der Waals surface area (Å²) in [7, 11) is 0. The van der Waals surface area contributed by atoms with Crippen molar-refractivity contribution in [3.63, 3.8) is 0 Å². The van der Waals surface area contributed by atoms with Crippen LogP contribution in [0.5, 0.6) is 5.75 Å². The summed E-state index contributed by atoms with van der Waals surface area (Å²) in [5.74, 6) is 0.208. The van der Waals surface area contributed by atoms with Crippen LogP contribution in [-0.4, -0.2) is 39.4 Å². The zero-order valence-electron chi connectivity index (χ0n) is 15.8. The quantitative estimate of drug-likeness (QED) is 0.562. The average Bonchev–Trinajstić information content (AvgIpc) is 3.36. The minimum Gasteiger partial charge on any atom is -0.490 e. The van der Waals surface area contributed by atoms with Gasteiger partial charge in [0.25, 0.3) is 0 Å². The highest BCUT2D eigenvalue weighted by atomic mass is 19.4. The van der Waals surface area contributed by atoms with Crippen LogP contribution >= 0.6 is 0 Å². The van der Waals surface area contributed by atoms with E-state index in [4.69, 9.17) is 10.5 Å². The molecule has 3 aromatic rings. The maximum absolute atomic E-state index is 13.7. The van der Waals surface area contributed by atoms with Crippen LogP contribution in [0.25, 0.3) is 11.3 Å². The van der Waals surface area contributed by atoms with E-state index < -0.39 is 35.2 Å². The number of halogens is 4. The fourth-order valence-electron chi connectivity index (χ4n) is 3.53. The van der Waals surface area contributed by atoms with Crippen LogP contribution in [0.2, 0.25) is 0 Å². The molecule has 30 heavy (non-hydrogen) atoms. The molecular formula is C20H18F4N4O2. The van der Waals surface area contributed by atoms with Gasteiger partial charge in [-0.3, -0.25) is 0 Å². The van der Waals surface area contributed by atoms with E-state index in [-0.39, 0.29) is 18.1 Å². The summed E-state index contributed by atoms with van der Waals surface area (Å²) in [5, 5.41) is 10.4. The zero-order valence-corrected chi connectivity index (χ0v) is 15.8. The number of hydrogen-bond donors (Lipinski definition) is 3. The molecule has 0 aliphatic carbocycles. The Labute approximate surface area is 168 Å². The van der Waals surface area contributed by atoms with Gasteiger partial charge in [-0.15, -0.1) is 0 Å². The van der Waals surface area contributed by atoms with Crippen LogP contribution in [0, 0.1) is 5.82 Å². The van der Waals surface area contributed by atoms with Crippen LogP contribution < -0.4 is 10.5 Å². The normalized spacial score (nSPS) is 20.5. The molecule has 0 fully saturated rings. The Hall–Kier alpha value is -2.98. The first kappa shape index (κ1) is 20.3. The first-order valence-corrected chi connectivity index (χ1v) is 9.04. The summed E-state index contributed by atoms with van der Waals surface area (Å²) in [5.41, 5.74) is 1.11. The average molecular weight is 422 g/mol. The maximum Gasteiger partial charge on any atom is 0.424 e. The van der Waals surface area contributed by atoms with Gasteiger partial charge in [0.15, 0.2) is 0 Å². The highest BCUT2D eigenvalue weighted by Gasteiger charge is 2.56. The predicted octanol–water partition coefficient (Wildman–Crippen LogP) is 3.02. The third-order valence-corrected chi connectivity index (χ3v) is 5.40. The van der Waals surface area contributed by atoms with E-state index in [2.05, 4.69) is 15.0 Å². The van der Waals surface area contributed by atoms with Crippen molar-refractivity contribution >= 4 is 0 Å². The van der Waals surface area contributed by atoms with Crippen molar-refractivity contribution in [3.8, 4) is 17.0 Å². The van der Waals surface area contributed by atoms with Gasteiger partial charge in [0, 0.05) is 30.1 Å². The molecule has 6 nitrogen and oxygen atoms in total. The molecule has 0 amide bonds. The van der Waals surface area contributed by atoms with Crippen molar-refractivity contribution < 1.29 is 27.4 Å². The SMILES string of the molecule is C[C@]1(c2ncc[nH]2)COc2c1cc([C@@](O)(CN)C(F)(F)F)nc2-c1ccc(F)cc1. The molecule has 0 saturated carbocycles. The molecule has 2 aromatic heterocycles. The number of H-pyrrole nitrogens is 1. The Bertz CT molecular complexity index is 1070. The third kappa shape index (κ3) is 2.94. The van der Waals surface area contributed by atoms with Gasteiger partial charge in [0.1, 0.15) is 29.7 Å². The number of fused-ring (bicyclic) bond motifs is 1. The summed E-state index contributed by atoms with van der Waals surface area (Å²) >= 11 is 0. The number of aromatic nitrogens is 3. The number of nitrogens with two attached hydrogens (primary N) is 1. The predicted molar refractivity (Wildman–Crippen MR) is 99.2 cm³/mol. The number of aromatic amines is 1. The van der Waals surface area contributed by atoms with E-state index in [1.807, 2.05) is 0 Å². The van der Waals surface area contributed by atoms with Gasteiger partial charge in [0.2, 0.25) is 5.60 Å². The van der Waals surface area contributed by atoms with Crippen LogP contribution in [0.4, 0.5) is 17.6 Å². The molecule has 0 saturated heterocycles. The van der Waals surface area contributed by atoms with E-state index in [0.29, 0.717) is 17.0 Å². The number of alkyl halides is 3. The fourth-order valence-corrected chi connectivity index (χ4v) is 3.53. The van der Waals surface area contributed by atoms with Crippen LogP contribution in [0.3, 0.4) is 0 Å². The van der Waals surface area contributed by atoms with Crippen molar-refractivity contribution in [1.29, 1.82) is 0 Å². The number of nitrogens with zero attached hydrogens (tertiary/aromatic N) is 2. The molecule has 10 heteroatoms. The lowest BCUT2D eigenvalue weighted by Gasteiger charge is -2.30. The lowest BCUT2D eigenvalue weighted by Crippen LogP contribution is -2.49. The van der Waals surface area contributed by atoms with Gasteiger partial charge in [-0.2, -0.15) is 13.2 Å². The Morgan fingerprint density at radius 1 is 1.27 bits per heavy atom. The van der Waals surface area contributed by atoms with Gasteiger partial charge >= 0.3 is 6.18 Å². The monoisotopic (exact) mass is 422 g/mol. The molecule has 3 heterocycles. The standard InChI is InChI=1S/C20H18F4N4O2/c1-18(17-26-6-7-27-17)10-30-16-13(18)8-14(19(29,9-25)20(22,23)24)28-15(16)11-2-4-12(21)5-3-11/h2-8,29H,9-10,25H2,1H3,(H,26,27)/t18-,19-/m0/s1. The second-order valence-corrected chi connectivity index (χ2v) is 7.36. The lowest BCUT2D eigenvalue weighted by atomic mass is 9.81. The Kier molecular flexibility index (Phi) is 4.59. The minimum atomic E-state index is -5.07. The van der Waals surface area contributed by atoms with Crippen molar-refractivity contribution in [2.24, 2.45) is 5.73 Å². The molecule has 4 N–H and O–H groups in total. The fraction of sp³-hybridized carbons (Fsp3) is 0.300. The number of ether oxygens (including phenoxy) is 1. The maximum atomic E-state index is 13.7. The molecule has 1 aromatic carbocycles. The van der Waals surface area contributed by atoms with Gasteiger partial charge in [0.05, 0.1) is 11.1 Å². The summed E-state index contributed by atoms with van der Waals surface area (Å²) in [4.78, 5) is 11.3. The number of rotatable bonds is 4. The van der Waals surface area contributed by atoms with E-state index in [9.17, 15) is 22.7 Å². The van der Waals surface area contributed by atoms with E-state index in [1.165, 1.54) is 18.3 Å². The smallest absolute Gasteiger partial charge is 0.424 e. The van der Waals surface area contributed by atoms with Crippen molar-refractivity contribution in [2.75, 3.05) is 13.2 Å². The number of imidazole rings is 1. The van der Waals surface area contributed by atoms with Crippen LogP contribution in [0.15, 0.2) is 42.7 Å². The first-order valence-electron chi connectivity index (χ1n) is 9.04. The number of hydrogen-bond acceptors (Lipinski definition) is 5. The Morgan fingerprint density at radius 2 is 1.97 bits per heavy atom. The topological polar surface area (TPSA) is 97.0 Å². The van der Waals surface area contributed by atoms with Gasteiger partial charge in [-0.1, -0.05) is 0 Å². The Morgan fingerprint density at radius 3 is 2.53 bits per heavy atom.